The molecule has 1 fully saturated rings. The van der Waals surface area contributed by atoms with Crippen molar-refractivity contribution in [1.29, 1.82) is 0 Å². The number of Topliss-reactive ketones (excluding diaryl/α,β-unsaturated/α-hetero) is 1. The van der Waals surface area contributed by atoms with Gasteiger partial charge < -0.3 is 9.84 Å². The van der Waals surface area contributed by atoms with Crippen molar-refractivity contribution < 1.29 is 23.8 Å². The van der Waals surface area contributed by atoms with Crippen LogP contribution in [0.3, 0.4) is 0 Å². The molecule has 1 amide bonds. The Morgan fingerprint density at radius 3 is 2.24 bits per heavy atom. The van der Waals surface area contributed by atoms with E-state index in [1.807, 2.05) is 13.8 Å². The Morgan fingerprint density at radius 1 is 0.970 bits per heavy atom. The van der Waals surface area contributed by atoms with Gasteiger partial charge in [-0.1, -0.05) is 50.2 Å². The Balaban J connectivity index is 1.83. The molecule has 1 aliphatic rings. The summed E-state index contributed by atoms with van der Waals surface area (Å²) in [6.45, 7) is 4.62. The number of aliphatic hydroxyl groups is 1. The molecule has 0 spiro atoms. The zero-order valence-electron chi connectivity index (χ0n) is 18.4. The van der Waals surface area contributed by atoms with Crippen molar-refractivity contribution in [2.24, 2.45) is 5.92 Å². The fourth-order valence-corrected chi connectivity index (χ4v) is 3.81. The molecule has 0 saturated carbocycles. The van der Waals surface area contributed by atoms with E-state index in [1.165, 1.54) is 23.1 Å². The number of ether oxygens (including phenoxy) is 1. The van der Waals surface area contributed by atoms with Gasteiger partial charge in [-0.3, -0.25) is 14.5 Å². The number of hydrogen-bond acceptors (Lipinski definition) is 4. The molecule has 168 valence electrons. The highest BCUT2D eigenvalue weighted by atomic mass is 19.1. The van der Waals surface area contributed by atoms with Gasteiger partial charge in [0, 0.05) is 16.8 Å². The fraction of sp³-hybridized carbons (Fsp3) is 0.185. The van der Waals surface area contributed by atoms with E-state index in [0.717, 1.165) is 0 Å². The zero-order chi connectivity index (χ0) is 23.5. The lowest BCUT2D eigenvalue weighted by molar-refractivity contribution is -0.132. The molecule has 33 heavy (non-hydrogen) atoms. The van der Waals surface area contributed by atoms with Crippen LogP contribution in [0.4, 0.5) is 10.1 Å². The summed E-state index contributed by atoms with van der Waals surface area (Å²) >= 11 is 0. The molecule has 6 heteroatoms. The van der Waals surface area contributed by atoms with E-state index in [9.17, 15) is 19.1 Å². The average molecular weight is 445 g/mol. The summed E-state index contributed by atoms with van der Waals surface area (Å²) in [5, 5.41) is 11.1. The van der Waals surface area contributed by atoms with Gasteiger partial charge in [-0.15, -0.1) is 0 Å². The van der Waals surface area contributed by atoms with Gasteiger partial charge in [0.25, 0.3) is 11.7 Å². The molecule has 3 aromatic rings. The first-order chi connectivity index (χ1) is 15.9. The molecule has 1 unspecified atom stereocenters. The molecule has 1 aliphatic heterocycles. The Hall–Kier alpha value is -3.93. The number of aliphatic hydroxyl groups excluding tert-OH is 1. The average Bonchev–Trinajstić information content (AvgIpc) is 3.08. The highest BCUT2D eigenvalue weighted by molar-refractivity contribution is 6.51. The molecular weight excluding hydrogens is 421 g/mol. The van der Waals surface area contributed by atoms with Crippen LogP contribution in [0.15, 0.2) is 84.4 Å². The van der Waals surface area contributed by atoms with E-state index in [4.69, 9.17) is 4.74 Å². The van der Waals surface area contributed by atoms with Crippen molar-refractivity contribution in [3.05, 3.63) is 101 Å². The largest absolute Gasteiger partial charge is 0.507 e. The van der Waals surface area contributed by atoms with Crippen molar-refractivity contribution >= 4 is 23.1 Å². The number of ketones is 1. The topological polar surface area (TPSA) is 66.8 Å². The van der Waals surface area contributed by atoms with E-state index in [-0.39, 0.29) is 16.9 Å². The molecule has 3 aromatic carbocycles. The number of nitrogens with zero attached hydrogens (tertiary/aromatic N) is 1. The minimum Gasteiger partial charge on any atom is -0.507 e. The molecular formula is C27H24FNO4. The van der Waals surface area contributed by atoms with Gasteiger partial charge in [0.15, 0.2) is 0 Å². The fourth-order valence-electron chi connectivity index (χ4n) is 3.81. The van der Waals surface area contributed by atoms with E-state index >= 15 is 0 Å². The summed E-state index contributed by atoms with van der Waals surface area (Å²) in [5.74, 6) is -1.66. The first kappa shape index (κ1) is 22.3. The Labute approximate surface area is 191 Å². The van der Waals surface area contributed by atoms with E-state index in [0.29, 0.717) is 29.5 Å². The minimum absolute atomic E-state index is 0.124. The third-order valence-electron chi connectivity index (χ3n) is 5.39. The Kier molecular flexibility index (Phi) is 6.27. The van der Waals surface area contributed by atoms with Gasteiger partial charge in [-0.25, -0.2) is 4.39 Å². The smallest absolute Gasteiger partial charge is 0.300 e. The van der Waals surface area contributed by atoms with Crippen LogP contribution in [-0.2, 0) is 9.59 Å². The molecule has 1 N–H and O–H groups in total. The molecule has 0 aliphatic carbocycles. The predicted molar refractivity (Wildman–Crippen MR) is 124 cm³/mol. The van der Waals surface area contributed by atoms with Crippen LogP contribution in [0, 0.1) is 11.7 Å². The van der Waals surface area contributed by atoms with Crippen LogP contribution < -0.4 is 9.64 Å². The van der Waals surface area contributed by atoms with E-state index < -0.39 is 23.5 Å². The number of rotatable bonds is 6. The lowest BCUT2D eigenvalue weighted by Crippen LogP contribution is -2.29. The highest BCUT2D eigenvalue weighted by Gasteiger charge is 2.47. The highest BCUT2D eigenvalue weighted by Crippen LogP contribution is 2.42. The van der Waals surface area contributed by atoms with Gasteiger partial charge in [0.1, 0.15) is 17.3 Å². The quantitative estimate of drug-likeness (QED) is 0.310. The third-order valence-corrected chi connectivity index (χ3v) is 5.39. The van der Waals surface area contributed by atoms with Gasteiger partial charge in [0.2, 0.25) is 0 Å². The van der Waals surface area contributed by atoms with Crippen LogP contribution >= 0.6 is 0 Å². The van der Waals surface area contributed by atoms with Crippen LogP contribution in [0.1, 0.15) is 31.0 Å². The second kappa shape index (κ2) is 9.28. The molecule has 0 aromatic heterocycles. The second-order valence-corrected chi connectivity index (χ2v) is 8.26. The van der Waals surface area contributed by atoms with Crippen molar-refractivity contribution in [3.8, 4) is 5.75 Å². The predicted octanol–water partition coefficient (Wildman–Crippen LogP) is 5.49. The monoisotopic (exact) mass is 445 g/mol. The van der Waals surface area contributed by atoms with Crippen LogP contribution in [-0.4, -0.2) is 23.4 Å². The number of amides is 1. The number of para-hydroxylation sites is 1. The molecule has 1 atom stereocenters. The van der Waals surface area contributed by atoms with Crippen LogP contribution in [0.5, 0.6) is 5.75 Å². The van der Waals surface area contributed by atoms with Crippen molar-refractivity contribution in [2.75, 3.05) is 11.5 Å². The lowest BCUT2D eigenvalue weighted by Gasteiger charge is -2.25. The van der Waals surface area contributed by atoms with Crippen molar-refractivity contribution in [2.45, 2.75) is 19.9 Å². The molecule has 1 heterocycles. The third kappa shape index (κ3) is 4.37. The first-order valence-electron chi connectivity index (χ1n) is 10.7. The number of carbonyl (C=O) groups is 2. The summed E-state index contributed by atoms with van der Waals surface area (Å²) < 4.78 is 20.5. The molecule has 0 bridgehead atoms. The zero-order valence-corrected chi connectivity index (χ0v) is 18.4. The van der Waals surface area contributed by atoms with E-state index in [2.05, 4.69) is 0 Å². The number of halogens is 1. The van der Waals surface area contributed by atoms with Gasteiger partial charge in [0.05, 0.1) is 18.2 Å². The number of carbonyl (C=O) groups excluding carboxylic acids is 2. The molecule has 4 rings (SSSR count). The number of benzene rings is 3. The minimum atomic E-state index is -1.11. The lowest BCUT2D eigenvalue weighted by atomic mass is 9.94. The van der Waals surface area contributed by atoms with Crippen LogP contribution in [0.2, 0.25) is 0 Å². The Morgan fingerprint density at radius 2 is 1.61 bits per heavy atom. The number of hydrogen-bond donors (Lipinski definition) is 1. The SMILES string of the molecule is CC(C)COc1ccc(/C(O)=C2/C(=O)C(=O)N(c3ccccc3)C2c2ccccc2F)cc1. The maximum absolute atomic E-state index is 14.9. The standard InChI is InChI=1S/C27H24FNO4/c1-17(2)16-33-20-14-12-18(13-15-20)25(30)23-24(21-10-6-7-11-22(21)28)29(27(32)26(23)31)19-8-4-3-5-9-19/h3-15,17,24,30H,16H2,1-2H3/b25-23-. The second-order valence-electron chi connectivity index (χ2n) is 8.26. The summed E-state index contributed by atoms with van der Waals surface area (Å²) in [6.07, 6.45) is 0. The van der Waals surface area contributed by atoms with Crippen LogP contribution in [0.25, 0.3) is 5.76 Å². The van der Waals surface area contributed by atoms with Gasteiger partial charge >= 0.3 is 0 Å². The summed E-state index contributed by atoms with van der Waals surface area (Å²) in [5.41, 5.74) is 0.729. The maximum atomic E-state index is 14.9. The Bertz CT molecular complexity index is 1200. The molecule has 1 saturated heterocycles. The molecule has 5 nitrogen and oxygen atoms in total. The van der Waals surface area contributed by atoms with E-state index in [1.54, 1.807) is 60.7 Å². The van der Waals surface area contributed by atoms with Gasteiger partial charge in [-0.2, -0.15) is 0 Å². The summed E-state index contributed by atoms with van der Waals surface area (Å²) in [7, 11) is 0. The maximum Gasteiger partial charge on any atom is 0.300 e. The van der Waals surface area contributed by atoms with Crippen molar-refractivity contribution in [1.82, 2.24) is 0 Å². The molecule has 0 radical (unpaired) electrons. The normalized spacial score (nSPS) is 17.6. The number of anilines is 1. The van der Waals surface area contributed by atoms with Gasteiger partial charge in [-0.05, 0) is 48.4 Å². The summed E-state index contributed by atoms with van der Waals surface area (Å²) in [6, 6.07) is 20.0. The summed E-state index contributed by atoms with van der Waals surface area (Å²) in [4.78, 5) is 27.4. The van der Waals surface area contributed by atoms with Crippen molar-refractivity contribution in [3.63, 3.8) is 0 Å². The first-order valence-corrected chi connectivity index (χ1v) is 10.7.